The zero-order chi connectivity index (χ0) is 23.9. The van der Waals surface area contributed by atoms with Gasteiger partial charge in [0.1, 0.15) is 0 Å². The predicted molar refractivity (Wildman–Crippen MR) is 129 cm³/mol. The Morgan fingerprint density at radius 3 is 1.85 bits per heavy atom. The molecule has 1 fully saturated rings. The van der Waals surface area contributed by atoms with Crippen LogP contribution in [0, 0.1) is 17.0 Å². The lowest BCUT2D eigenvalue weighted by atomic mass is 9.54. The molecule has 6 nitrogen and oxygen atoms in total. The maximum absolute atomic E-state index is 13.8. The fraction of sp³-hybridized carbons (Fsp3) is 0.286. The van der Waals surface area contributed by atoms with Crippen LogP contribution in [0.5, 0.6) is 0 Å². The highest BCUT2D eigenvalue weighted by molar-refractivity contribution is 6.23. The Hall–Kier alpha value is -3.48. The number of hydrogen-bond donors (Lipinski definition) is 1. The van der Waals surface area contributed by atoms with Gasteiger partial charge < -0.3 is 10.4 Å². The van der Waals surface area contributed by atoms with E-state index < -0.39 is 11.8 Å². The van der Waals surface area contributed by atoms with Crippen LogP contribution in [0.25, 0.3) is 0 Å². The smallest absolute Gasteiger partial charge is 0.238 e. The molecule has 0 aromatic heterocycles. The van der Waals surface area contributed by atoms with Gasteiger partial charge in [-0.05, 0) is 57.5 Å². The highest BCUT2D eigenvalue weighted by Gasteiger charge is 2.61. The van der Waals surface area contributed by atoms with E-state index >= 15 is 0 Å². The second-order valence-electron chi connectivity index (χ2n) is 10.5. The van der Waals surface area contributed by atoms with Crippen molar-refractivity contribution in [2.24, 2.45) is 11.8 Å². The molecule has 4 aliphatic rings. The standard InChI is InChI=1S/C28H25N2O4/c1-28(2,3)15-8-13-20-21(14-15)23-19-7-5-4-6-18(19)22(20)24-25(23)27(32)29(26(24)31)16-9-11-17(12-10-16)30(33)34/h4-14,22-25,33H,1-3H3/q-1/t22-,23-,24+,25-/m1/s1. The summed E-state index contributed by atoms with van der Waals surface area (Å²) < 4.78 is 0. The first-order valence-corrected chi connectivity index (χ1v) is 11.6. The quantitative estimate of drug-likeness (QED) is 0.432. The zero-order valence-electron chi connectivity index (χ0n) is 19.2. The lowest BCUT2D eigenvalue weighted by molar-refractivity contribution is -0.122. The van der Waals surface area contributed by atoms with Crippen LogP contribution < -0.4 is 10.1 Å². The summed E-state index contributed by atoms with van der Waals surface area (Å²) in [6.07, 6.45) is 0. The number of rotatable bonds is 2. The van der Waals surface area contributed by atoms with Crippen molar-refractivity contribution in [3.8, 4) is 0 Å². The molecule has 1 N–H and O–H groups in total. The Kier molecular flexibility index (Phi) is 4.35. The summed E-state index contributed by atoms with van der Waals surface area (Å²) >= 11 is 0. The maximum Gasteiger partial charge on any atom is 0.238 e. The van der Waals surface area contributed by atoms with Crippen LogP contribution in [0.4, 0.5) is 11.4 Å². The summed E-state index contributed by atoms with van der Waals surface area (Å²) in [6, 6.07) is 20.6. The normalized spacial score (nSPS) is 24.7. The van der Waals surface area contributed by atoms with Crippen LogP contribution in [-0.4, -0.2) is 17.0 Å². The van der Waals surface area contributed by atoms with Crippen molar-refractivity contribution in [3.63, 3.8) is 0 Å². The largest absolute Gasteiger partial charge is 0.733 e. The monoisotopic (exact) mass is 453 g/mol. The second-order valence-corrected chi connectivity index (χ2v) is 10.5. The Morgan fingerprint density at radius 1 is 0.794 bits per heavy atom. The fourth-order valence-electron chi connectivity index (χ4n) is 6.18. The number of hydrogen-bond acceptors (Lipinski definition) is 5. The molecule has 3 aromatic rings. The highest BCUT2D eigenvalue weighted by Crippen LogP contribution is 2.61. The number of benzene rings is 3. The summed E-state index contributed by atoms with van der Waals surface area (Å²) in [7, 11) is 0. The molecule has 1 saturated heterocycles. The number of carbonyl (C=O) groups excluding carboxylic acids is 2. The van der Waals surface area contributed by atoms with Crippen LogP contribution in [0.2, 0.25) is 0 Å². The summed E-state index contributed by atoms with van der Waals surface area (Å²) in [6.45, 7) is 6.53. The maximum atomic E-state index is 13.8. The van der Waals surface area contributed by atoms with Gasteiger partial charge in [-0.1, -0.05) is 63.2 Å². The molecule has 7 rings (SSSR count). The molecule has 1 heterocycles. The fourth-order valence-corrected chi connectivity index (χ4v) is 6.18. The van der Waals surface area contributed by atoms with Crippen LogP contribution in [0.3, 0.4) is 0 Å². The van der Waals surface area contributed by atoms with E-state index in [1.165, 1.54) is 34.7 Å². The molecule has 3 aromatic carbocycles. The minimum Gasteiger partial charge on any atom is -0.733 e. The van der Waals surface area contributed by atoms with E-state index in [-0.39, 0.29) is 40.0 Å². The molecule has 3 aliphatic carbocycles. The van der Waals surface area contributed by atoms with Crippen LogP contribution >= 0.6 is 0 Å². The van der Waals surface area contributed by atoms with Crippen LogP contribution in [0.1, 0.15) is 60.4 Å². The first kappa shape index (κ1) is 21.1. The first-order chi connectivity index (χ1) is 16.2. The predicted octanol–water partition coefficient (Wildman–Crippen LogP) is 5.07. The molecule has 34 heavy (non-hydrogen) atoms. The Bertz CT molecular complexity index is 1340. The van der Waals surface area contributed by atoms with Gasteiger partial charge in [-0.2, -0.15) is 0 Å². The van der Waals surface area contributed by atoms with E-state index in [1.807, 2.05) is 12.1 Å². The van der Waals surface area contributed by atoms with Gasteiger partial charge in [-0.15, -0.1) is 0 Å². The Balaban J connectivity index is 1.51. The molecular weight excluding hydrogens is 428 g/mol. The van der Waals surface area contributed by atoms with Gasteiger partial charge in [0, 0.05) is 11.8 Å². The lowest BCUT2D eigenvalue weighted by Crippen LogP contribution is -2.41. The minimum absolute atomic E-state index is 0.0317. The summed E-state index contributed by atoms with van der Waals surface area (Å²) in [5, 5.41) is 20.1. The van der Waals surface area contributed by atoms with Crippen molar-refractivity contribution in [3.05, 3.63) is 99.8 Å². The molecule has 0 saturated carbocycles. The number of amides is 2. The number of nitrogens with zero attached hydrogens (tertiary/aromatic N) is 2. The van der Waals surface area contributed by atoms with Crippen LogP contribution in [-0.2, 0) is 15.0 Å². The van der Waals surface area contributed by atoms with E-state index in [4.69, 9.17) is 5.21 Å². The topological polar surface area (TPSA) is 83.9 Å². The van der Waals surface area contributed by atoms with Crippen molar-refractivity contribution in [1.29, 1.82) is 0 Å². The molecule has 0 unspecified atom stereocenters. The Morgan fingerprint density at radius 2 is 1.32 bits per heavy atom. The molecular formula is C28H25N2O4-. The van der Waals surface area contributed by atoms with Gasteiger partial charge in [0.25, 0.3) is 0 Å². The first-order valence-electron chi connectivity index (χ1n) is 11.6. The van der Waals surface area contributed by atoms with Crippen molar-refractivity contribution < 1.29 is 14.8 Å². The SMILES string of the molecule is CC(C)(C)c1ccc2c(c1)[C@H]1c3ccccc3[C@H]2[C@@H]2C(=O)N(c3ccc(N([O-])O)cc3)C(=O)[C@H]12. The summed E-state index contributed by atoms with van der Waals surface area (Å²) in [5.41, 5.74) is 6.18. The summed E-state index contributed by atoms with van der Waals surface area (Å²) in [5.74, 6) is -1.70. The molecule has 172 valence electrons. The van der Waals surface area contributed by atoms with E-state index in [0.29, 0.717) is 5.69 Å². The minimum atomic E-state index is -0.469. The highest BCUT2D eigenvalue weighted by atomic mass is 16.8. The summed E-state index contributed by atoms with van der Waals surface area (Å²) in [4.78, 5) is 28.9. The number of carbonyl (C=O) groups is 2. The van der Waals surface area contributed by atoms with Crippen LogP contribution in [0.15, 0.2) is 66.7 Å². The third-order valence-electron chi connectivity index (χ3n) is 7.73. The van der Waals surface area contributed by atoms with Crippen molar-refractivity contribution in [2.75, 3.05) is 10.1 Å². The van der Waals surface area contributed by atoms with Gasteiger partial charge in [0.05, 0.1) is 23.2 Å². The third kappa shape index (κ3) is 2.76. The van der Waals surface area contributed by atoms with Gasteiger partial charge in [-0.25, -0.2) is 4.90 Å². The third-order valence-corrected chi connectivity index (χ3v) is 7.73. The second kappa shape index (κ2) is 7.01. The van der Waals surface area contributed by atoms with E-state index in [9.17, 15) is 14.8 Å². The molecule has 6 heteroatoms. The van der Waals surface area contributed by atoms with Gasteiger partial charge >= 0.3 is 0 Å². The van der Waals surface area contributed by atoms with E-state index in [1.54, 1.807) is 0 Å². The average molecular weight is 454 g/mol. The zero-order valence-corrected chi connectivity index (χ0v) is 19.2. The van der Waals surface area contributed by atoms with E-state index in [0.717, 1.165) is 22.3 Å². The molecule has 2 bridgehead atoms. The molecule has 0 radical (unpaired) electrons. The van der Waals surface area contributed by atoms with Gasteiger partial charge in [0.15, 0.2) is 0 Å². The molecule has 1 aliphatic heterocycles. The van der Waals surface area contributed by atoms with Crippen molar-refractivity contribution in [2.45, 2.75) is 38.0 Å². The lowest BCUT2D eigenvalue weighted by Gasteiger charge is -2.46. The van der Waals surface area contributed by atoms with E-state index in [2.05, 4.69) is 51.1 Å². The Labute approximate surface area is 198 Å². The van der Waals surface area contributed by atoms with Gasteiger partial charge in [-0.3, -0.25) is 14.8 Å². The number of anilines is 2. The molecule has 2 amide bonds. The van der Waals surface area contributed by atoms with Crippen molar-refractivity contribution >= 4 is 23.2 Å². The average Bonchev–Trinajstić information content (AvgIpc) is 3.08. The number of imide groups is 1. The van der Waals surface area contributed by atoms with Gasteiger partial charge in [0.2, 0.25) is 11.8 Å². The molecule has 0 spiro atoms. The van der Waals surface area contributed by atoms with Crippen molar-refractivity contribution in [1.82, 2.24) is 0 Å². The molecule has 4 atom stereocenters.